The molecule has 5 nitrogen and oxygen atoms in total. The van der Waals surface area contributed by atoms with Gasteiger partial charge in [-0.15, -0.1) is 0 Å². The highest BCUT2D eigenvalue weighted by atomic mass is 16.6. The Labute approximate surface area is 123 Å². The number of rotatable bonds is 2. The summed E-state index contributed by atoms with van der Waals surface area (Å²) in [6.07, 6.45) is 2.49. The van der Waals surface area contributed by atoms with Crippen molar-refractivity contribution in [3.8, 4) is 0 Å². The smallest absolute Gasteiger partial charge is 0.435 e. The molecule has 0 aliphatic carbocycles. The van der Waals surface area contributed by atoms with E-state index in [0.29, 0.717) is 11.2 Å². The minimum atomic E-state index is -0.598. The molecule has 1 aromatic carbocycles. The zero-order valence-electron chi connectivity index (χ0n) is 12.6. The number of para-hydroxylation sites is 1. The molecule has 0 spiro atoms. The monoisotopic (exact) mass is 286 g/mol. The quantitative estimate of drug-likeness (QED) is 0.794. The van der Waals surface area contributed by atoms with Gasteiger partial charge in [-0.1, -0.05) is 18.2 Å². The topological polar surface area (TPSA) is 61.2 Å². The Hall–Kier alpha value is -2.43. The Morgan fingerprint density at radius 1 is 1.24 bits per heavy atom. The van der Waals surface area contributed by atoms with Crippen LogP contribution in [0.4, 0.5) is 4.79 Å². The molecule has 1 heterocycles. The third-order valence-electron chi connectivity index (χ3n) is 2.66. The summed E-state index contributed by atoms with van der Waals surface area (Å²) in [5.74, 6) is -0.0779. The second-order valence-corrected chi connectivity index (χ2v) is 5.74. The summed E-state index contributed by atoms with van der Waals surface area (Å²) < 4.78 is 6.56. The normalized spacial score (nSPS) is 12.0. The summed E-state index contributed by atoms with van der Waals surface area (Å²) in [6.45, 7) is 6.86. The van der Waals surface area contributed by atoms with Crippen LogP contribution in [-0.4, -0.2) is 27.3 Å². The molecule has 110 valence electrons. The van der Waals surface area contributed by atoms with Crippen LogP contribution in [0.25, 0.3) is 17.0 Å². The van der Waals surface area contributed by atoms with Crippen molar-refractivity contribution in [3.05, 3.63) is 36.0 Å². The van der Waals surface area contributed by atoms with E-state index in [9.17, 15) is 9.59 Å². The molecule has 0 saturated heterocycles. The molecule has 0 N–H and O–H groups in total. The molecule has 0 aliphatic rings. The number of carbonyl (C=O) groups is 2. The Balaban J connectivity index is 2.50. The number of hydrogen-bond acceptors (Lipinski definition) is 4. The number of ether oxygens (including phenoxy) is 1. The molecular formula is C16H18N2O3. The number of nitrogens with zero attached hydrogens (tertiary/aromatic N) is 2. The van der Waals surface area contributed by atoms with Gasteiger partial charge in [0.1, 0.15) is 5.60 Å². The van der Waals surface area contributed by atoms with E-state index >= 15 is 0 Å². The van der Waals surface area contributed by atoms with Crippen LogP contribution in [0.3, 0.4) is 0 Å². The summed E-state index contributed by atoms with van der Waals surface area (Å²) in [4.78, 5) is 23.3. The van der Waals surface area contributed by atoms with Crippen LogP contribution in [0.15, 0.2) is 30.3 Å². The van der Waals surface area contributed by atoms with Gasteiger partial charge in [0, 0.05) is 5.39 Å². The summed E-state index contributed by atoms with van der Waals surface area (Å²) in [7, 11) is 0. The number of ketones is 1. The molecular weight excluding hydrogens is 268 g/mol. The average Bonchev–Trinajstić information content (AvgIpc) is 2.73. The Morgan fingerprint density at radius 2 is 1.90 bits per heavy atom. The Kier molecular flexibility index (Phi) is 3.93. The van der Waals surface area contributed by atoms with Crippen molar-refractivity contribution >= 4 is 28.9 Å². The number of fused-ring (bicyclic) bond motifs is 1. The van der Waals surface area contributed by atoms with Crippen molar-refractivity contribution in [2.75, 3.05) is 0 Å². The van der Waals surface area contributed by atoms with Gasteiger partial charge in [-0.25, -0.2) is 4.79 Å². The van der Waals surface area contributed by atoms with Crippen molar-refractivity contribution in [1.82, 2.24) is 9.78 Å². The molecule has 0 atom stereocenters. The Bertz CT molecular complexity index is 721. The fourth-order valence-electron chi connectivity index (χ4n) is 1.85. The van der Waals surface area contributed by atoms with Gasteiger partial charge in [0.15, 0.2) is 5.78 Å². The maximum Gasteiger partial charge on any atom is 0.435 e. The summed E-state index contributed by atoms with van der Waals surface area (Å²) in [6, 6.07) is 7.32. The maximum atomic E-state index is 12.2. The first-order chi connectivity index (χ1) is 9.78. The molecule has 2 rings (SSSR count). The zero-order valence-corrected chi connectivity index (χ0v) is 12.6. The van der Waals surface area contributed by atoms with Gasteiger partial charge in [-0.2, -0.15) is 9.78 Å². The molecule has 0 amide bonds. The first kappa shape index (κ1) is 15.0. The number of allylic oxidation sites excluding steroid dienone is 1. The first-order valence-corrected chi connectivity index (χ1v) is 6.68. The van der Waals surface area contributed by atoms with E-state index in [4.69, 9.17) is 4.74 Å². The van der Waals surface area contributed by atoms with Gasteiger partial charge in [0.25, 0.3) is 0 Å². The van der Waals surface area contributed by atoms with Gasteiger partial charge in [-0.3, -0.25) is 4.79 Å². The van der Waals surface area contributed by atoms with E-state index in [2.05, 4.69) is 5.10 Å². The molecule has 0 saturated carbocycles. The van der Waals surface area contributed by atoms with Crippen LogP contribution in [0.2, 0.25) is 0 Å². The number of aromatic nitrogens is 2. The zero-order chi connectivity index (χ0) is 15.6. The first-order valence-electron chi connectivity index (χ1n) is 6.68. The number of benzene rings is 1. The molecule has 0 unspecified atom stereocenters. The summed E-state index contributed by atoms with van der Waals surface area (Å²) >= 11 is 0. The molecule has 2 aromatic rings. The SMILES string of the molecule is CC(=O)/C=C/c1nn(C(=O)OC(C)(C)C)c2ccccc12. The molecule has 0 aliphatic heterocycles. The fraction of sp³-hybridized carbons (Fsp3) is 0.312. The lowest BCUT2D eigenvalue weighted by Gasteiger charge is -2.19. The predicted molar refractivity (Wildman–Crippen MR) is 81.1 cm³/mol. The molecule has 5 heteroatoms. The highest BCUT2D eigenvalue weighted by Crippen LogP contribution is 2.21. The minimum Gasteiger partial charge on any atom is -0.442 e. The highest BCUT2D eigenvalue weighted by molar-refractivity contribution is 5.97. The fourth-order valence-corrected chi connectivity index (χ4v) is 1.85. The van der Waals surface area contributed by atoms with Crippen molar-refractivity contribution in [2.24, 2.45) is 0 Å². The van der Waals surface area contributed by atoms with E-state index in [1.54, 1.807) is 32.9 Å². The van der Waals surface area contributed by atoms with Crippen molar-refractivity contribution in [1.29, 1.82) is 0 Å². The van der Waals surface area contributed by atoms with Crippen LogP contribution < -0.4 is 0 Å². The highest BCUT2D eigenvalue weighted by Gasteiger charge is 2.21. The Morgan fingerprint density at radius 3 is 2.52 bits per heavy atom. The lowest BCUT2D eigenvalue weighted by Crippen LogP contribution is -2.27. The van der Waals surface area contributed by atoms with E-state index in [1.165, 1.54) is 17.7 Å². The molecule has 21 heavy (non-hydrogen) atoms. The van der Waals surface area contributed by atoms with E-state index in [0.717, 1.165) is 5.39 Å². The van der Waals surface area contributed by atoms with Crippen LogP contribution in [0, 0.1) is 0 Å². The van der Waals surface area contributed by atoms with Gasteiger partial charge in [0.05, 0.1) is 11.2 Å². The third kappa shape index (κ3) is 3.56. The van der Waals surface area contributed by atoms with Crippen molar-refractivity contribution in [3.63, 3.8) is 0 Å². The summed E-state index contributed by atoms with van der Waals surface area (Å²) in [5, 5.41) is 5.04. The lowest BCUT2D eigenvalue weighted by molar-refractivity contribution is -0.112. The second kappa shape index (κ2) is 5.52. The van der Waals surface area contributed by atoms with Gasteiger partial charge < -0.3 is 4.74 Å². The van der Waals surface area contributed by atoms with Gasteiger partial charge in [0.2, 0.25) is 0 Å². The molecule has 1 aromatic heterocycles. The molecule has 0 radical (unpaired) electrons. The van der Waals surface area contributed by atoms with Crippen LogP contribution in [0.5, 0.6) is 0 Å². The standard InChI is InChI=1S/C16H18N2O3/c1-11(19)9-10-13-12-7-5-6-8-14(12)18(17-13)15(20)21-16(2,3)4/h5-10H,1-4H3/b10-9+. The maximum absolute atomic E-state index is 12.2. The van der Waals surface area contributed by atoms with Gasteiger partial charge >= 0.3 is 6.09 Å². The van der Waals surface area contributed by atoms with Crippen molar-refractivity contribution in [2.45, 2.75) is 33.3 Å². The third-order valence-corrected chi connectivity index (χ3v) is 2.66. The van der Waals surface area contributed by atoms with Crippen LogP contribution in [0.1, 0.15) is 33.4 Å². The van der Waals surface area contributed by atoms with Gasteiger partial charge in [-0.05, 0) is 45.9 Å². The van der Waals surface area contributed by atoms with Crippen molar-refractivity contribution < 1.29 is 14.3 Å². The molecule has 0 fully saturated rings. The molecule has 0 bridgehead atoms. The summed E-state index contributed by atoms with van der Waals surface area (Å²) in [5.41, 5.74) is 0.612. The van der Waals surface area contributed by atoms with Crippen LogP contribution in [-0.2, 0) is 9.53 Å². The van der Waals surface area contributed by atoms with E-state index < -0.39 is 11.7 Å². The second-order valence-electron chi connectivity index (χ2n) is 5.74. The lowest BCUT2D eigenvalue weighted by atomic mass is 10.2. The van der Waals surface area contributed by atoms with E-state index in [1.807, 2.05) is 18.2 Å². The number of carbonyl (C=O) groups excluding carboxylic acids is 2. The number of hydrogen-bond donors (Lipinski definition) is 0. The largest absolute Gasteiger partial charge is 0.442 e. The van der Waals surface area contributed by atoms with Crippen LogP contribution >= 0.6 is 0 Å². The average molecular weight is 286 g/mol. The minimum absolute atomic E-state index is 0.0779. The van der Waals surface area contributed by atoms with E-state index in [-0.39, 0.29) is 5.78 Å². The predicted octanol–water partition coefficient (Wildman–Crippen LogP) is 3.42.